The van der Waals surface area contributed by atoms with Gasteiger partial charge in [0.2, 0.25) is 5.95 Å². The second kappa shape index (κ2) is 7.10. The van der Waals surface area contributed by atoms with E-state index >= 15 is 0 Å². The van der Waals surface area contributed by atoms with Crippen LogP contribution in [0.15, 0.2) is 30.5 Å². The van der Waals surface area contributed by atoms with Crippen molar-refractivity contribution in [2.45, 2.75) is 37.7 Å². The number of benzene rings is 1. The molecule has 5 nitrogen and oxygen atoms in total. The third-order valence-corrected chi connectivity index (χ3v) is 5.14. The predicted molar refractivity (Wildman–Crippen MR) is 96.3 cm³/mol. The fraction of sp³-hybridized carbons (Fsp3) is 0.421. The summed E-state index contributed by atoms with van der Waals surface area (Å²) in [7, 11) is 0. The first-order valence-electron chi connectivity index (χ1n) is 8.69. The zero-order valence-corrected chi connectivity index (χ0v) is 14.6. The molecule has 1 aliphatic carbocycles. The van der Waals surface area contributed by atoms with Crippen LogP contribution in [0.1, 0.15) is 46.8 Å². The molecule has 1 aromatic heterocycles. The molecule has 2 aromatic rings. The number of nitrogens with one attached hydrogen (secondary N) is 1. The van der Waals surface area contributed by atoms with Gasteiger partial charge < -0.3 is 10.1 Å². The van der Waals surface area contributed by atoms with Crippen molar-refractivity contribution in [1.29, 1.82) is 0 Å². The van der Waals surface area contributed by atoms with Crippen molar-refractivity contribution in [2.24, 2.45) is 0 Å². The van der Waals surface area contributed by atoms with Crippen molar-refractivity contribution in [3.8, 4) is 0 Å². The molecule has 0 saturated carbocycles. The number of Topliss-reactive ketones (excluding diaryl/α,β-unsaturated/α-hetero) is 1. The number of aromatic nitrogens is 2. The van der Waals surface area contributed by atoms with Crippen LogP contribution in [0.5, 0.6) is 0 Å². The maximum absolute atomic E-state index is 12.5. The lowest BCUT2D eigenvalue weighted by Crippen LogP contribution is -2.23. The minimum absolute atomic E-state index is 0.104. The van der Waals surface area contributed by atoms with E-state index in [-0.39, 0.29) is 17.8 Å². The van der Waals surface area contributed by atoms with Crippen molar-refractivity contribution in [2.75, 3.05) is 18.5 Å². The Morgan fingerprint density at radius 3 is 2.84 bits per heavy atom. The third-order valence-electron chi connectivity index (χ3n) is 4.89. The summed E-state index contributed by atoms with van der Waals surface area (Å²) in [4.78, 5) is 21.4. The lowest BCUT2D eigenvalue weighted by atomic mass is 9.82. The van der Waals surface area contributed by atoms with E-state index in [0.717, 1.165) is 37.1 Å². The Kier molecular flexibility index (Phi) is 4.68. The number of anilines is 1. The number of nitrogens with zero attached hydrogens (tertiary/aromatic N) is 2. The lowest BCUT2D eigenvalue weighted by molar-refractivity contribution is 0.0962. The van der Waals surface area contributed by atoms with Gasteiger partial charge in [0.25, 0.3) is 0 Å². The average Bonchev–Trinajstić information content (AvgIpc) is 3.14. The van der Waals surface area contributed by atoms with Crippen LogP contribution in [0, 0.1) is 0 Å². The van der Waals surface area contributed by atoms with Crippen molar-refractivity contribution in [3.05, 3.63) is 52.3 Å². The van der Waals surface area contributed by atoms with Crippen LogP contribution in [-0.2, 0) is 11.2 Å². The number of ketones is 1. The highest BCUT2D eigenvalue weighted by molar-refractivity contribution is 6.30. The van der Waals surface area contributed by atoms with Gasteiger partial charge in [-0.15, -0.1) is 0 Å². The molecule has 2 heterocycles. The van der Waals surface area contributed by atoms with Crippen LogP contribution in [0.3, 0.4) is 0 Å². The van der Waals surface area contributed by atoms with E-state index in [1.165, 1.54) is 0 Å². The molecule has 130 valence electrons. The Bertz CT molecular complexity index is 773. The summed E-state index contributed by atoms with van der Waals surface area (Å²) in [5.74, 6) is 0.809. The number of ether oxygens (including phenoxy) is 1. The van der Waals surface area contributed by atoms with E-state index in [1.807, 2.05) is 24.3 Å². The third kappa shape index (κ3) is 3.67. The average molecular weight is 358 g/mol. The van der Waals surface area contributed by atoms with Crippen LogP contribution in [0.4, 0.5) is 5.95 Å². The van der Waals surface area contributed by atoms with Gasteiger partial charge in [-0.25, -0.2) is 9.97 Å². The summed E-state index contributed by atoms with van der Waals surface area (Å²) in [6.07, 6.45) is 5.27. The highest BCUT2D eigenvalue weighted by Crippen LogP contribution is 2.32. The molecule has 1 fully saturated rings. The largest absolute Gasteiger partial charge is 0.376 e. The molecular weight excluding hydrogens is 338 g/mol. The Hall–Kier alpha value is -1.98. The minimum atomic E-state index is 0.104. The number of hydrogen-bond donors (Lipinski definition) is 1. The molecule has 0 spiro atoms. The quantitative estimate of drug-likeness (QED) is 0.905. The Labute approximate surface area is 151 Å². The van der Waals surface area contributed by atoms with Gasteiger partial charge in [0.15, 0.2) is 5.78 Å². The standard InChI is InChI=1S/C19H20ClN3O2/c20-14-5-3-12(4-6-14)13-8-17-16(18(24)9-13)11-22-19(23-17)21-10-15-2-1-7-25-15/h3-6,11,13,15H,1-2,7-10H2,(H,21,22,23). The second-order valence-corrected chi connectivity index (χ2v) is 7.09. The Balaban J connectivity index is 1.51. The van der Waals surface area contributed by atoms with Crippen molar-refractivity contribution < 1.29 is 9.53 Å². The molecule has 2 aliphatic rings. The summed E-state index contributed by atoms with van der Waals surface area (Å²) in [5, 5.41) is 3.94. The van der Waals surface area contributed by atoms with Gasteiger partial charge in [0.05, 0.1) is 17.4 Å². The normalized spacial score (nSPS) is 22.7. The maximum Gasteiger partial charge on any atom is 0.222 e. The number of hydrogen-bond acceptors (Lipinski definition) is 5. The van der Waals surface area contributed by atoms with Gasteiger partial charge in [0, 0.05) is 30.8 Å². The van der Waals surface area contributed by atoms with E-state index in [1.54, 1.807) is 6.20 Å². The van der Waals surface area contributed by atoms with Gasteiger partial charge in [-0.2, -0.15) is 0 Å². The van der Waals surface area contributed by atoms with E-state index in [0.29, 0.717) is 29.5 Å². The number of halogens is 1. The van der Waals surface area contributed by atoms with Crippen molar-refractivity contribution in [3.63, 3.8) is 0 Å². The van der Waals surface area contributed by atoms with E-state index in [9.17, 15) is 4.79 Å². The first-order valence-corrected chi connectivity index (χ1v) is 9.07. The predicted octanol–water partition coefficient (Wildman–Crippen LogP) is 3.63. The van der Waals surface area contributed by atoms with Crippen molar-refractivity contribution >= 4 is 23.3 Å². The summed E-state index contributed by atoms with van der Waals surface area (Å²) < 4.78 is 5.61. The number of carbonyl (C=O) groups is 1. The Morgan fingerprint density at radius 2 is 2.08 bits per heavy atom. The van der Waals surface area contributed by atoms with E-state index in [2.05, 4.69) is 15.3 Å². The van der Waals surface area contributed by atoms with Crippen LogP contribution >= 0.6 is 11.6 Å². The molecule has 2 unspecified atom stereocenters. The topological polar surface area (TPSA) is 64.1 Å². The molecule has 1 saturated heterocycles. The minimum Gasteiger partial charge on any atom is -0.376 e. The van der Waals surface area contributed by atoms with Crippen LogP contribution < -0.4 is 5.32 Å². The summed E-state index contributed by atoms with van der Waals surface area (Å²) >= 11 is 5.96. The zero-order valence-electron chi connectivity index (χ0n) is 13.9. The first kappa shape index (κ1) is 16.5. The highest BCUT2D eigenvalue weighted by atomic mass is 35.5. The van der Waals surface area contributed by atoms with Crippen LogP contribution in [-0.4, -0.2) is 35.0 Å². The maximum atomic E-state index is 12.5. The molecular formula is C19H20ClN3O2. The number of carbonyl (C=O) groups excluding carboxylic acids is 1. The lowest BCUT2D eigenvalue weighted by Gasteiger charge is -2.23. The number of fused-ring (bicyclic) bond motifs is 1. The van der Waals surface area contributed by atoms with E-state index in [4.69, 9.17) is 16.3 Å². The fourth-order valence-electron chi connectivity index (χ4n) is 3.51. The van der Waals surface area contributed by atoms with E-state index < -0.39 is 0 Å². The van der Waals surface area contributed by atoms with Crippen LogP contribution in [0.2, 0.25) is 5.02 Å². The monoisotopic (exact) mass is 357 g/mol. The van der Waals surface area contributed by atoms with Gasteiger partial charge in [-0.05, 0) is 42.9 Å². The van der Waals surface area contributed by atoms with Gasteiger partial charge in [-0.1, -0.05) is 23.7 Å². The molecule has 1 N–H and O–H groups in total. The molecule has 0 amide bonds. The summed E-state index contributed by atoms with van der Waals surface area (Å²) in [6, 6.07) is 7.71. The molecule has 2 atom stereocenters. The van der Waals surface area contributed by atoms with Gasteiger partial charge >= 0.3 is 0 Å². The molecule has 1 aliphatic heterocycles. The molecule has 0 bridgehead atoms. The summed E-state index contributed by atoms with van der Waals surface area (Å²) in [5.41, 5.74) is 2.59. The Morgan fingerprint density at radius 1 is 1.24 bits per heavy atom. The SMILES string of the molecule is O=C1CC(c2ccc(Cl)cc2)Cc2nc(NCC3CCCO3)ncc21. The van der Waals surface area contributed by atoms with Crippen LogP contribution in [0.25, 0.3) is 0 Å². The fourth-order valence-corrected chi connectivity index (χ4v) is 3.64. The molecule has 6 heteroatoms. The van der Waals surface area contributed by atoms with Gasteiger partial charge in [-0.3, -0.25) is 4.79 Å². The second-order valence-electron chi connectivity index (χ2n) is 6.65. The highest BCUT2D eigenvalue weighted by Gasteiger charge is 2.28. The molecule has 4 rings (SSSR count). The van der Waals surface area contributed by atoms with Crippen molar-refractivity contribution in [1.82, 2.24) is 9.97 Å². The van der Waals surface area contributed by atoms with Gasteiger partial charge in [0.1, 0.15) is 0 Å². The smallest absolute Gasteiger partial charge is 0.222 e. The molecule has 0 radical (unpaired) electrons. The molecule has 25 heavy (non-hydrogen) atoms. The zero-order chi connectivity index (χ0) is 17.2. The molecule has 1 aromatic carbocycles. The summed E-state index contributed by atoms with van der Waals surface area (Å²) in [6.45, 7) is 1.53. The number of rotatable bonds is 4. The first-order chi connectivity index (χ1) is 12.2.